The lowest BCUT2D eigenvalue weighted by atomic mass is 10.1. The van der Waals surface area contributed by atoms with Crippen LogP contribution in [-0.4, -0.2) is 43.0 Å². The van der Waals surface area contributed by atoms with E-state index in [-0.39, 0.29) is 11.7 Å². The van der Waals surface area contributed by atoms with Crippen LogP contribution in [0.1, 0.15) is 0 Å². The second-order valence-corrected chi connectivity index (χ2v) is 7.59. The van der Waals surface area contributed by atoms with E-state index < -0.39 is 5.82 Å². The number of aromatic hydroxyl groups is 1. The number of allylic oxidation sites excluding steroid dienone is 1. The van der Waals surface area contributed by atoms with Gasteiger partial charge in [0.25, 0.3) is 0 Å². The van der Waals surface area contributed by atoms with Crippen LogP contribution in [0.3, 0.4) is 0 Å². The Labute approximate surface area is 180 Å². The largest absolute Gasteiger partial charge is 0.508 e. The molecule has 0 fully saturated rings. The molecule has 158 valence electrons. The lowest BCUT2D eigenvalue weighted by Crippen LogP contribution is -2.26. The zero-order chi connectivity index (χ0) is 21.7. The molecule has 5 N–H and O–H groups in total. The van der Waals surface area contributed by atoms with Gasteiger partial charge in [-0.2, -0.15) is 10.2 Å². The van der Waals surface area contributed by atoms with E-state index in [0.717, 1.165) is 28.9 Å². The smallest absolute Gasteiger partial charge is 0.159 e. The van der Waals surface area contributed by atoms with Crippen LogP contribution in [0.25, 0.3) is 46.0 Å². The Morgan fingerprint density at radius 3 is 2.91 bits per heavy atom. The van der Waals surface area contributed by atoms with Crippen molar-refractivity contribution in [2.75, 3.05) is 6.54 Å². The van der Waals surface area contributed by atoms with Crippen LogP contribution < -0.4 is 21.3 Å². The number of imidazole rings is 1. The van der Waals surface area contributed by atoms with E-state index >= 15 is 0 Å². The van der Waals surface area contributed by atoms with Crippen molar-refractivity contribution in [2.24, 2.45) is 11.0 Å². The first-order chi connectivity index (χ1) is 15.7. The van der Waals surface area contributed by atoms with Gasteiger partial charge in [-0.15, -0.1) is 0 Å². The highest BCUT2D eigenvalue weighted by Crippen LogP contribution is 2.30. The molecule has 1 atom stereocenters. The van der Waals surface area contributed by atoms with Gasteiger partial charge in [-0.05, 0) is 29.8 Å². The number of hydrogen-bond donors (Lipinski definition) is 5. The first-order valence-corrected chi connectivity index (χ1v) is 9.99. The van der Waals surface area contributed by atoms with E-state index in [1.165, 1.54) is 12.1 Å². The van der Waals surface area contributed by atoms with Crippen molar-refractivity contribution in [3.05, 3.63) is 58.8 Å². The van der Waals surface area contributed by atoms with Crippen molar-refractivity contribution in [1.29, 1.82) is 0 Å². The summed E-state index contributed by atoms with van der Waals surface area (Å²) in [5.74, 6) is 0.0246. The standard InChI is InChI=1S/C22H17FN8O/c23-13-3-11(4-14(32)5-13)15-8-24-10-19-20(15)29-22(28-19)21-16-9-25-17(12-6-26-27-7-12)1-2-18(16)30-31-21/h1-6,8-10,12,25,27,30,32H,7H2,(H,28,29). The SMILES string of the molecule is Oc1cc(F)cc(-c2cncc3[nH]c(-c4n[nH]c5c4=CNC(C4C=NNC4)=CC=5)nc23)c1. The first-order valence-electron chi connectivity index (χ1n) is 9.99. The molecule has 2 aliphatic heterocycles. The summed E-state index contributed by atoms with van der Waals surface area (Å²) in [4.78, 5) is 12.2. The molecule has 0 bridgehead atoms. The van der Waals surface area contributed by atoms with E-state index in [9.17, 15) is 9.50 Å². The number of nitrogens with zero attached hydrogens (tertiary/aromatic N) is 4. The lowest BCUT2D eigenvalue weighted by Gasteiger charge is -2.10. The zero-order valence-electron chi connectivity index (χ0n) is 16.6. The molecule has 0 aliphatic carbocycles. The molecule has 1 aromatic carbocycles. The maximum Gasteiger partial charge on any atom is 0.159 e. The normalized spacial score (nSPS) is 17.0. The van der Waals surface area contributed by atoms with E-state index in [1.807, 2.05) is 24.6 Å². The number of hydrazone groups is 1. The average molecular weight is 428 g/mol. The highest BCUT2D eigenvalue weighted by Gasteiger charge is 2.18. The predicted molar refractivity (Wildman–Crippen MR) is 118 cm³/mol. The number of hydrogen-bond acceptors (Lipinski definition) is 7. The van der Waals surface area contributed by atoms with Crippen molar-refractivity contribution in [3.8, 4) is 28.4 Å². The van der Waals surface area contributed by atoms with Crippen LogP contribution in [0.4, 0.5) is 4.39 Å². The number of benzene rings is 1. The molecule has 0 radical (unpaired) electrons. The zero-order valence-corrected chi connectivity index (χ0v) is 16.6. The number of pyridine rings is 1. The quantitative estimate of drug-likeness (QED) is 0.332. The molecule has 0 amide bonds. The Bertz CT molecular complexity index is 1530. The molecule has 0 spiro atoms. The highest BCUT2D eigenvalue weighted by atomic mass is 19.1. The number of fused-ring (bicyclic) bond motifs is 2. The number of aromatic amines is 2. The third-order valence-electron chi connectivity index (χ3n) is 5.51. The van der Waals surface area contributed by atoms with Crippen LogP contribution in [0, 0.1) is 11.7 Å². The van der Waals surface area contributed by atoms with Crippen LogP contribution in [0.15, 0.2) is 47.5 Å². The summed E-state index contributed by atoms with van der Waals surface area (Å²) in [5, 5.41) is 26.4. The Kier molecular flexibility index (Phi) is 4.03. The summed E-state index contributed by atoms with van der Waals surface area (Å²) >= 11 is 0. The van der Waals surface area contributed by atoms with Crippen LogP contribution >= 0.6 is 0 Å². The third-order valence-corrected chi connectivity index (χ3v) is 5.51. The number of H-pyrrole nitrogens is 2. The monoisotopic (exact) mass is 428 g/mol. The molecule has 4 aromatic rings. The Balaban J connectivity index is 1.44. The van der Waals surface area contributed by atoms with Crippen LogP contribution in [-0.2, 0) is 0 Å². The number of rotatable bonds is 3. The van der Waals surface area contributed by atoms with Crippen LogP contribution in [0.5, 0.6) is 5.75 Å². The van der Waals surface area contributed by atoms with Gasteiger partial charge in [-0.3, -0.25) is 10.1 Å². The van der Waals surface area contributed by atoms with Gasteiger partial charge >= 0.3 is 0 Å². The minimum absolute atomic E-state index is 0.160. The van der Waals surface area contributed by atoms with E-state index in [0.29, 0.717) is 33.7 Å². The number of aromatic nitrogens is 5. The fourth-order valence-electron chi connectivity index (χ4n) is 3.95. The predicted octanol–water partition coefficient (Wildman–Crippen LogP) is 1.07. The van der Waals surface area contributed by atoms with Crippen molar-refractivity contribution >= 4 is 29.5 Å². The number of phenols is 1. The van der Waals surface area contributed by atoms with E-state index in [1.54, 1.807) is 12.4 Å². The minimum Gasteiger partial charge on any atom is -0.508 e. The Morgan fingerprint density at radius 1 is 1.12 bits per heavy atom. The van der Waals surface area contributed by atoms with Crippen molar-refractivity contribution < 1.29 is 9.50 Å². The van der Waals surface area contributed by atoms with E-state index in [2.05, 4.69) is 36.0 Å². The van der Waals surface area contributed by atoms with Gasteiger partial charge in [0.15, 0.2) is 5.82 Å². The Hall–Kier alpha value is -4.47. The molecular weight excluding hydrogens is 411 g/mol. The first kappa shape index (κ1) is 18.3. The lowest BCUT2D eigenvalue weighted by molar-refractivity contribution is 0.469. The summed E-state index contributed by atoms with van der Waals surface area (Å²) in [5.41, 5.74) is 7.00. The average Bonchev–Trinajstić information content (AvgIpc) is 3.50. The van der Waals surface area contributed by atoms with Crippen molar-refractivity contribution in [1.82, 2.24) is 35.9 Å². The van der Waals surface area contributed by atoms with Gasteiger partial charge in [-0.25, -0.2) is 9.37 Å². The highest BCUT2D eigenvalue weighted by molar-refractivity contribution is 5.92. The van der Waals surface area contributed by atoms with Crippen LogP contribution in [0.2, 0.25) is 0 Å². The summed E-state index contributed by atoms with van der Waals surface area (Å²) in [6.07, 6.45) is 11.0. The second kappa shape index (κ2) is 7.05. The van der Waals surface area contributed by atoms with Gasteiger partial charge < -0.3 is 20.8 Å². The molecule has 10 heteroatoms. The molecule has 0 saturated carbocycles. The topological polar surface area (TPSA) is 127 Å². The fraction of sp³-hybridized carbons (Fsp3) is 0.0909. The molecule has 32 heavy (non-hydrogen) atoms. The second-order valence-electron chi connectivity index (χ2n) is 7.59. The maximum atomic E-state index is 13.9. The molecule has 3 aromatic heterocycles. The molecule has 5 heterocycles. The number of phenolic OH excluding ortho intramolecular Hbond substituents is 1. The van der Waals surface area contributed by atoms with Gasteiger partial charge in [-0.1, -0.05) is 0 Å². The van der Waals surface area contributed by atoms with Crippen molar-refractivity contribution in [3.63, 3.8) is 0 Å². The van der Waals surface area contributed by atoms with E-state index in [4.69, 9.17) is 4.98 Å². The fourth-order valence-corrected chi connectivity index (χ4v) is 3.95. The molecule has 6 rings (SSSR count). The van der Waals surface area contributed by atoms with Gasteiger partial charge in [0, 0.05) is 47.7 Å². The Morgan fingerprint density at radius 2 is 2.06 bits per heavy atom. The minimum atomic E-state index is -0.535. The summed E-state index contributed by atoms with van der Waals surface area (Å²) in [6, 6.07) is 3.88. The van der Waals surface area contributed by atoms with Gasteiger partial charge in [0.2, 0.25) is 0 Å². The molecule has 0 saturated heterocycles. The van der Waals surface area contributed by atoms with Crippen molar-refractivity contribution in [2.45, 2.75) is 0 Å². The number of halogens is 1. The maximum absolute atomic E-state index is 13.9. The summed E-state index contributed by atoms with van der Waals surface area (Å²) in [6.45, 7) is 0.745. The van der Waals surface area contributed by atoms with Gasteiger partial charge in [0.1, 0.15) is 17.3 Å². The number of nitrogens with one attached hydrogen (secondary N) is 4. The third kappa shape index (κ3) is 3.00. The van der Waals surface area contributed by atoms with Gasteiger partial charge in [0.05, 0.1) is 28.5 Å². The summed E-state index contributed by atoms with van der Waals surface area (Å²) < 4.78 is 13.9. The molecular formula is C22H17FN8O. The molecule has 9 nitrogen and oxygen atoms in total. The summed E-state index contributed by atoms with van der Waals surface area (Å²) in [7, 11) is 0. The molecule has 1 unspecified atom stereocenters. The molecule has 2 aliphatic rings.